The summed E-state index contributed by atoms with van der Waals surface area (Å²) in [6.07, 6.45) is 4.96. The molecular formula is C15H19ClN2. The average molecular weight is 263 g/mol. The third kappa shape index (κ3) is 1.59. The number of aromatic nitrogens is 1. The summed E-state index contributed by atoms with van der Waals surface area (Å²) in [6.45, 7) is 2.87. The molecule has 0 radical (unpaired) electrons. The molecule has 1 aliphatic rings. The van der Waals surface area contributed by atoms with E-state index in [2.05, 4.69) is 18.0 Å². The van der Waals surface area contributed by atoms with Crippen LogP contribution in [0.3, 0.4) is 0 Å². The molecule has 0 atom stereocenters. The van der Waals surface area contributed by atoms with Crippen molar-refractivity contribution in [2.24, 2.45) is 5.73 Å². The van der Waals surface area contributed by atoms with Gasteiger partial charge in [0.25, 0.3) is 0 Å². The minimum Gasteiger partial charge on any atom is -0.357 e. The third-order valence-electron chi connectivity index (χ3n) is 4.45. The van der Waals surface area contributed by atoms with Crippen LogP contribution in [0.15, 0.2) is 18.2 Å². The Hall–Kier alpha value is -0.990. The highest BCUT2D eigenvalue weighted by Crippen LogP contribution is 2.45. The Morgan fingerprint density at radius 1 is 1.33 bits per heavy atom. The fourth-order valence-corrected chi connectivity index (χ4v) is 3.82. The number of benzene rings is 1. The molecule has 1 aromatic heterocycles. The zero-order chi connectivity index (χ0) is 12.8. The van der Waals surface area contributed by atoms with Gasteiger partial charge < -0.3 is 10.7 Å². The van der Waals surface area contributed by atoms with Crippen molar-refractivity contribution in [3.63, 3.8) is 0 Å². The van der Waals surface area contributed by atoms with Crippen molar-refractivity contribution in [3.8, 4) is 0 Å². The van der Waals surface area contributed by atoms with E-state index in [9.17, 15) is 0 Å². The Morgan fingerprint density at radius 3 is 2.72 bits per heavy atom. The lowest BCUT2D eigenvalue weighted by Crippen LogP contribution is -2.32. The van der Waals surface area contributed by atoms with Gasteiger partial charge in [0.05, 0.1) is 10.5 Å². The van der Waals surface area contributed by atoms with Crippen molar-refractivity contribution in [1.29, 1.82) is 0 Å². The van der Waals surface area contributed by atoms with E-state index >= 15 is 0 Å². The molecule has 3 rings (SSSR count). The number of aromatic amines is 1. The number of nitrogens with one attached hydrogen (secondary N) is 1. The minimum absolute atomic E-state index is 0.160. The number of halogens is 1. The number of nitrogens with two attached hydrogens (primary N) is 1. The fraction of sp³-hybridized carbons (Fsp3) is 0.467. The molecule has 18 heavy (non-hydrogen) atoms. The molecule has 1 saturated carbocycles. The highest BCUT2D eigenvalue weighted by Gasteiger charge is 2.37. The Balaban J connectivity index is 2.28. The number of fused-ring (bicyclic) bond motifs is 1. The summed E-state index contributed by atoms with van der Waals surface area (Å²) in [4.78, 5) is 3.44. The van der Waals surface area contributed by atoms with Gasteiger partial charge in [-0.15, -0.1) is 0 Å². The van der Waals surface area contributed by atoms with Gasteiger partial charge in [-0.25, -0.2) is 0 Å². The van der Waals surface area contributed by atoms with E-state index in [1.165, 1.54) is 42.3 Å². The van der Waals surface area contributed by atoms with Gasteiger partial charge in [0, 0.05) is 23.0 Å². The lowest BCUT2D eigenvalue weighted by atomic mass is 9.77. The second kappa shape index (κ2) is 4.29. The fourth-order valence-electron chi connectivity index (χ4n) is 3.60. The summed E-state index contributed by atoms with van der Waals surface area (Å²) < 4.78 is 0. The maximum absolute atomic E-state index is 6.28. The second-order valence-corrected chi connectivity index (χ2v) is 5.89. The van der Waals surface area contributed by atoms with Crippen molar-refractivity contribution >= 4 is 22.5 Å². The SMILES string of the molecule is Cc1[nH]c2c(Cl)cccc2c1C1(CN)CCCC1. The molecule has 1 heterocycles. The van der Waals surface area contributed by atoms with Crippen molar-refractivity contribution in [3.05, 3.63) is 34.5 Å². The van der Waals surface area contributed by atoms with E-state index < -0.39 is 0 Å². The summed E-state index contributed by atoms with van der Waals surface area (Å²) >= 11 is 6.28. The first-order valence-corrected chi connectivity index (χ1v) is 7.03. The summed E-state index contributed by atoms with van der Waals surface area (Å²) in [6, 6.07) is 6.13. The zero-order valence-electron chi connectivity index (χ0n) is 10.7. The highest BCUT2D eigenvalue weighted by molar-refractivity contribution is 6.35. The number of hydrogen-bond donors (Lipinski definition) is 2. The molecule has 96 valence electrons. The molecule has 2 nitrogen and oxygen atoms in total. The second-order valence-electron chi connectivity index (χ2n) is 5.48. The molecule has 3 heteroatoms. The van der Waals surface area contributed by atoms with Crippen LogP contribution in [0.2, 0.25) is 5.02 Å². The van der Waals surface area contributed by atoms with Gasteiger partial charge in [-0.05, 0) is 31.4 Å². The molecule has 3 N–H and O–H groups in total. The minimum atomic E-state index is 0.160. The van der Waals surface area contributed by atoms with Crippen LogP contribution >= 0.6 is 11.6 Å². The molecule has 0 unspecified atom stereocenters. The number of H-pyrrole nitrogens is 1. The van der Waals surface area contributed by atoms with Crippen LogP contribution < -0.4 is 5.73 Å². The van der Waals surface area contributed by atoms with Crippen LogP contribution in [0.25, 0.3) is 10.9 Å². The predicted octanol–water partition coefficient (Wildman–Crippen LogP) is 3.90. The smallest absolute Gasteiger partial charge is 0.0648 e. The van der Waals surface area contributed by atoms with Gasteiger partial charge in [0.1, 0.15) is 0 Å². The van der Waals surface area contributed by atoms with E-state index in [4.69, 9.17) is 17.3 Å². The van der Waals surface area contributed by atoms with Crippen LogP contribution in [-0.4, -0.2) is 11.5 Å². The van der Waals surface area contributed by atoms with Gasteiger partial charge >= 0.3 is 0 Å². The van der Waals surface area contributed by atoms with Gasteiger partial charge in [-0.3, -0.25) is 0 Å². The van der Waals surface area contributed by atoms with Crippen molar-refractivity contribution in [2.75, 3.05) is 6.54 Å². The van der Waals surface area contributed by atoms with Crippen LogP contribution in [0, 0.1) is 6.92 Å². The van der Waals surface area contributed by atoms with Gasteiger partial charge in [0.2, 0.25) is 0 Å². The first kappa shape index (κ1) is 12.1. The lowest BCUT2D eigenvalue weighted by Gasteiger charge is -2.28. The predicted molar refractivity (Wildman–Crippen MR) is 77.2 cm³/mol. The first-order chi connectivity index (χ1) is 8.68. The van der Waals surface area contributed by atoms with E-state index in [0.29, 0.717) is 0 Å². The average Bonchev–Trinajstić information content (AvgIpc) is 2.94. The number of aryl methyl sites for hydroxylation is 1. The summed E-state index contributed by atoms with van der Waals surface area (Å²) in [5.41, 5.74) is 9.96. The van der Waals surface area contributed by atoms with Crippen molar-refractivity contribution < 1.29 is 0 Å². The van der Waals surface area contributed by atoms with Crippen LogP contribution in [0.4, 0.5) is 0 Å². The summed E-state index contributed by atoms with van der Waals surface area (Å²) in [7, 11) is 0. The Morgan fingerprint density at radius 2 is 2.06 bits per heavy atom. The van der Waals surface area contributed by atoms with Crippen LogP contribution in [-0.2, 0) is 5.41 Å². The molecular weight excluding hydrogens is 244 g/mol. The molecule has 1 fully saturated rings. The molecule has 0 amide bonds. The maximum atomic E-state index is 6.28. The van der Waals surface area contributed by atoms with E-state index in [1.54, 1.807) is 0 Å². The molecule has 0 spiro atoms. The zero-order valence-corrected chi connectivity index (χ0v) is 11.5. The third-order valence-corrected chi connectivity index (χ3v) is 4.77. The topological polar surface area (TPSA) is 41.8 Å². The van der Waals surface area contributed by atoms with E-state index in [-0.39, 0.29) is 5.41 Å². The molecule has 0 saturated heterocycles. The molecule has 1 aliphatic carbocycles. The quantitative estimate of drug-likeness (QED) is 0.847. The van der Waals surface area contributed by atoms with Crippen LogP contribution in [0.1, 0.15) is 36.9 Å². The Labute approximate surface area is 113 Å². The number of para-hydroxylation sites is 1. The number of rotatable bonds is 2. The monoisotopic (exact) mass is 262 g/mol. The molecule has 2 aromatic rings. The Bertz CT molecular complexity index is 579. The summed E-state index contributed by atoms with van der Waals surface area (Å²) in [5, 5.41) is 2.05. The lowest BCUT2D eigenvalue weighted by molar-refractivity contribution is 0.454. The number of hydrogen-bond acceptors (Lipinski definition) is 1. The largest absolute Gasteiger partial charge is 0.357 e. The molecule has 0 bridgehead atoms. The summed E-state index contributed by atoms with van der Waals surface area (Å²) in [5.74, 6) is 0. The van der Waals surface area contributed by atoms with Gasteiger partial charge in [-0.1, -0.05) is 36.6 Å². The van der Waals surface area contributed by atoms with E-state index in [0.717, 1.165) is 17.1 Å². The van der Waals surface area contributed by atoms with Gasteiger partial charge in [-0.2, -0.15) is 0 Å². The maximum Gasteiger partial charge on any atom is 0.0648 e. The molecule has 0 aliphatic heterocycles. The normalized spacial score (nSPS) is 18.6. The standard InChI is InChI=1S/C15H19ClN2/c1-10-13(15(9-17)7-2-3-8-15)11-5-4-6-12(16)14(11)18-10/h4-6,18H,2-3,7-9,17H2,1H3. The van der Waals surface area contributed by atoms with Gasteiger partial charge in [0.15, 0.2) is 0 Å². The van der Waals surface area contributed by atoms with E-state index in [1.807, 2.05) is 12.1 Å². The van der Waals surface area contributed by atoms with Crippen molar-refractivity contribution in [2.45, 2.75) is 38.0 Å². The van der Waals surface area contributed by atoms with Crippen LogP contribution in [0.5, 0.6) is 0 Å². The highest BCUT2D eigenvalue weighted by atomic mass is 35.5. The van der Waals surface area contributed by atoms with Crippen molar-refractivity contribution in [1.82, 2.24) is 4.98 Å². The first-order valence-electron chi connectivity index (χ1n) is 6.65. The molecule has 1 aromatic carbocycles. The Kier molecular flexibility index (Phi) is 2.87.